The summed E-state index contributed by atoms with van der Waals surface area (Å²) in [5, 5.41) is 5.57. The van der Waals surface area contributed by atoms with Crippen LogP contribution in [0, 0.1) is 0 Å². The monoisotopic (exact) mass is 428 g/mol. The van der Waals surface area contributed by atoms with Crippen LogP contribution in [0.25, 0.3) is 22.4 Å². The molecule has 8 heteroatoms. The Morgan fingerprint density at radius 2 is 1.62 bits per heavy atom. The number of hydrogen-bond acceptors (Lipinski definition) is 5. The number of aromatic amines is 1. The molecule has 0 saturated heterocycles. The number of anilines is 2. The third-order valence-electron chi connectivity index (χ3n) is 4.98. The molecule has 0 aliphatic carbocycles. The average molecular weight is 428 g/mol. The summed E-state index contributed by atoms with van der Waals surface area (Å²) < 4.78 is 11.3. The molecule has 8 nitrogen and oxygen atoms in total. The fourth-order valence-electron chi connectivity index (χ4n) is 3.57. The Balaban J connectivity index is 1.39. The van der Waals surface area contributed by atoms with E-state index < -0.39 is 0 Å². The van der Waals surface area contributed by atoms with Gasteiger partial charge in [0.25, 0.3) is 5.91 Å². The molecule has 32 heavy (non-hydrogen) atoms. The lowest BCUT2D eigenvalue weighted by Gasteiger charge is -2.17. The van der Waals surface area contributed by atoms with Crippen molar-refractivity contribution in [2.45, 2.75) is 6.92 Å². The number of aromatic nitrogens is 2. The van der Waals surface area contributed by atoms with Gasteiger partial charge in [0.2, 0.25) is 5.91 Å². The zero-order valence-electron chi connectivity index (χ0n) is 17.3. The van der Waals surface area contributed by atoms with Crippen LogP contribution in [0.1, 0.15) is 17.3 Å². The summed E-state index contributed by atoms with van der Waals surface area (Å²) in [6.45, 7) is 2.46. The molecule has 1 aliphatic rings. The molecule has 0 saturated carbocycles. The molecule has 2 heterocycles. The van der Waals surface area contributed by atoms with Crippen LogP contribution in [-0.2, 0) is 4.79 Å². The molecule has 3 N–H and O–H groups in total. The molecule has 0 fully saturated rings. The van der Waals surface area contributed by atoms with Crippen LogP contribution in [0.15, 0.2) is 60.7 Å². The van der Waals surface area contributed by atoms with Crippen molar-refractivity contribution >= 4 is 34.2 Å². The van der Waals surface area contributed by atoms with Gasteiger partial charge in [-0.05, 0) is 30.3 Å². The molecule has 0 spiro atoms. The fourth-order valence-corrected chi connectivity index (χ4v) is 3.57. The Morgan fingerprint density at radius 3 is 2.41 bits per heavy atom. The highest BCUT2D eigenvalue weighted by molar-refractivity contribution is 6.05. The van der Waals surface area contributed by atoms with Gasteiger partial charge >= 0.3 is 0 Å². The fraction of sp³-hybridized carbons (Fsp3) is 0.125. The number of benzene rings is 3. The highest BCUT2D eigenvalue weighted by atomic mass is 16.6. The van der Waals surface area contributed by atoms with Gasteiger partial charge in [-0.25, -0.2) is 4.98 Å². The summed E-state index contributed by atoms with van der Waals surface area (Å²) in [7, 11) is 0. The van der Waals surface area contributed by atoms with E-state index in [-0.39, 0.29) is 11.8 Å². The number of nitrogens with zero attached hydrogens (tertiary/aromatic N) is 1. The summed E-state index contributed by atoms with van der Waals surface area (Å²) in [6.07, 6.45) is 0. The van der Waals surface area contributed by atoms with Crippen molar-refractivity contribution in [2.24, 2.45) is 0 Å². The highest BCUT2D eigenvalue weighted by Gasteiger charge is 2.16. The molecule has 0 radical (unpaired) electrons. The van der Waals surface area contributed by atoms with Crippen LogP contribution in [0.5, 0.6) is 11.5 Å². The van der Waals surface area contributed by atoms with E-state index in [1.165, 1.54) is 6.92 Å². The predicted octanol–water partition coefficient (Wildman–Crippen LogP) is 4.21. The first-order valence-electron chi connectivity index (χ1n) is 10.1. The largest absolute Gasteiger partial charge is 0.486 e. The third kappa shape index (κ3) is 3.98. The molecule has 3 aromatic carbocycles. The molecular weight excluding hydrogens is 408 g/mol. The van der Waals surface area contributed by atoms with Crippen molar-refractivity contribution in [3.05, 3.63) is 66.2 Å². The molecule has 1 aromatic heterocycles. The molecule has 160 valence electrons. The number of fused-ring (bicyclic) bond motifs is 2. The smallest absolute Gasteiger partial charge is 0.255 e. The van der Waals surface area contributed by atoms with Crippen molar-refractivity contribution in [1.29, 1.82) is 0 Å². The van der Waals surface area contributed by atoms with Crippen LogP contribution < -0.4 is 20.1 Å². The number of carbonyl (C=O) groups excluding carboxylic acids is 2. The number of rotatable bonds is 4. The zero-order valence-corrected chi connectivity index (χ0v) is 17.3. The maximum absolute atomic E-state index is 12.7. The van der Waals surface area contributed by atoms with Crippen LogP contribution in [0.2, 0.25) is 0 Å². The first kappa shape index (κ1) is 19.6. The van der Waals surface area contributed by atoms with E-state index in [1.54, 1.807) is 24.3 Å². The Bertz CT molecular complexity index is 1300. The second-order valence-corrected chi connectivity index (χ2v) is 7.40. The van der Waals surface area contributed by atoms with Gasteiger partial charge in [-0.3, -0.25) is 9.59 Å². The number of hydrogen-bond donors (Lipinski definition) is 3. The number of nitrogens with one attached hydrogen (secondary N) is 3. The van der Waals surface area contributed by atoms with Crippen molar-refractivity contribution < 1.29 is 19.1 Å². The Labute approximate surface area is 183 Å². The van der Waals surface area contributed by atoms with E-state index in [4.69, 9.17) is 9.47 Å². The quantitative estimate of drug-likeness (QED) is 0.452. The highest BCUT2D eigenvalue weighted by Crippen LogP contribution is 2.35. The summed E-state index contributed by atoms with van der Waals surface area (Å²) in [4.78, 5) is 31.9. The minimum absolute atomic E-state index is 0.194. The van der Waals surface area contributed by atoms with Crippen molar-refractivity contribution in [3.63, 3.8) is 0 Å². The van der Waals surface area contributed by atoms with E-state index in [9.17, 15) is 9.59 Å². The second-order valence-electron chi connectivity index (χ2n) is 7.40. The molecule has 1 aliphatic heterocycles. The Hall–Kier alpha value is -4.33. The standard InChI is InChI=1S/C24H20N4O4/c1-14(29)25-17-6-3-5-16(11-17)24(30)26-18-7-2-4-15(10-18)23-27-19-12-21-22(13-20(19)28-23)32-9-8-31-21/h2-7,10-13H,8-9H2,1H3,(H,25,29)(H,26,30)(H,27,28). The van der Waals surface area contributed by atoms with Crippen molar-refractivity contribution in [3.8, 4) is 22.9 Å². The van der Waals surface area contributed by atoms with Gasteiger partial charge in [0, 0.05) is 41.6 Å². The van der Waals surface area contributed by atoms with E-state index in [0.717, 1.165) is 16.6 Å². The zero-order chi connectivity index (χ0) is 22.1. The summed E-state index contributed by atoms with van der Waals surface area (Å²) in [5.41, 5.74) is 4.07. The Morgan fingerprint density at radius 1 is 0.906 bits per heavy atom. The van der Waals surface area contributed by atoms with Crippen LogP contribution in [0.3, 0.4) is 0 Å². The van der Waals surface area contributed by atoms with E-state index >= 15 is 0 Å². The lowest BCUT2D eigenvalue weighted by Crippen LogP contribution is -2.15. The first-order valence-corrected chi connectivity index (χ1v) is 10.1. The molecule has 0 unspecified atom stereocenters. The summed E-state index contributed by atoms with van der Waals surface area (Å²) >= 11 is 0. The molecule has 0 atom stereocenters. The second kappa shape index (κ2) is 8.07. The molecule has 0 bridgehead atoms. The van der Waals surface area contributed by atoms with Crippen LogP contribution in [0.4, 0.5) is 11.4 Å². The SMILES string of the molecule is CC(=O)Nc1cccc(C(=O)Nc2cccc(-c3nc4cc5c(cc4[nH]3)OCCO5)c2)c1. The number of imidazole rings is 1. The first-order chi connectivity index (χ1) is 15.5. The van der Waals surface area contributed by atoms with Crippen molar-refractivity contribution in [2.75, 3.05) is 23.8 Å². The van der Waals surface area contributed by atoms with Gasteiger partial charge in [-0.1, -0.05) is 18.2 Å². The number of H-pyrrole nitrogens is 1. The molecule has 5 rings (SSSR count). The normalized spacial score (nSPS) is 12.4. The lowest BCUT2D eigenvalue weighted by atomic mass is 10.1. The predicted molar refractivity (Wildman–Crippen MR) is 121 cm³/mol. The van der Waals surface area contributed by atoms with Gasteiger partial charge in [0.1, 0.15) is 19.0 Å². The maximum atomic E-state index is 12.7. The van der Waals surface area contributed by atoms with Gasteiger partial charge in [-0.15, -0.1) is 0 Å². The average Bonchev–Trinajstić information content (AvgIpc) is 3.20. The van der Waals surface area contributed by atoms with Crippen LogP contribution in [-0.4, -0.2) is 35.0 Å². The summed E-state index contributed by atoms with van der Waals surface area (Å²) in [6, 6.07) is 17.9. The van der Waals surface area contributed by atoms with Gasteiger partial charge in [0.15, 0.2) is 11.5 Å². The van der Waals surface area contributed by atoms with Gasteiger partial charge in [-0.2, -0.15) is 0 Å². The number of amides is 2. The summed E-state index contributed by atoms with van der Waals surface area (Å²) in [5.74, 6) is 1.58. The minimum Gasteiger partial charge on any atom is -0.486 e. The van der Waals surface area contributed by atoms with E-state index in [1.807, 2.05) is 36.4 Å². The van der Waals surface area contributed by atoms with E-state index in [0.29, 0.717) is 47.5 Å². The number of ether oxygens (including phenoxy) is 2. The van der Waals surface area contributed by atoms with Crippen molar-refractivity contribution in [1.82, 2.24) is 9.97 Å². The van der Waals surface area contributed by atoms with Gasteiger partial charge < -0.3 is 25.1 Å². The number of carbonyl (C=O) groups is 2. The topological polar surface area (TPSA) is 105 Å². The molecular formula is C24H20N4O4. The molecule has 4 aromatic rings. The Kier molecular flexibility index (Phi) is 4.95. The lowest BCUT2D eigenvalue weighted by molar-refractivity contribution is -0.114. The molecule has 2 amide bonds. The maximum Gasteiger partial charge on any atom is 0.255 e. The van der Waals surface area contributed by atoms with E-state index in [2.05, 4.69) is 20.6 Å². The third-order valence-corrected chi connectivity index (χ3v) is 4.98. The minimum atomic E-state index is -0.277. The van der Waals surface area contributed by atoms with Crippen LogP contribution >= 0.6 is 0 Å². The van der Waals surface area contributed by atoms with Gasteiger partial charge in [0.05, 0.1) is 11.0 Å².